The molecule has 2 heterocycles. The SMILES string of the molecule is CC(=O)Oc1ccc(COP(=O)(OCc2ccc(OC(C)=O)c(OC(C)=O)c2)c2c(-c3nccs3)oc(CC(C)C)c2C)cc1OC(C)=O. The lowest BCUT2D eigenvalue weighted by Crippen LogP contribution is -2.15. The van der Waals surface area contributed by atoms with E-state index in [2.05, 4.69) is 4.98 Å². The van der Waals surface area contributed by atoms with E-state index in [0.29, 0.717) is 33.9 Å². The Morgan fingerprint density at radius 3 is 1.65 bits per heavy atom. The van der Waals surface area contributed by atoms with Crippen molar-refractivity contribution in [3.63, 3.8) is 0 Å². The number of hydrogen-bond donors (Lipinski definition) is 0. The number of rotatable bonds is 14. The summed E-state index contributed by atoms with van der Waals surface area (Å²) in [5.41, 5.74) is 1.40. The van der Waals surface area contributed by atoms with Gasteiger partial charge in [-0.2, -0.15) is 0 Å². The van der Waals surface area contributed by atoms with E-state index < -0.39 is 31.5 Å². The van der Waals surface area contributed by atoms with Crippen molar-refractivity contribution < 1.29 is 56.2 Å². The molecule has 0 spiro atoms. The number of furan rings is 1. The van der Waals surface area contributed by atoms with E-state index in [0.717, 1.165) is 0 Å². The Bertz CT molecular complexity index is 1810. The highest BCUT2D eigenvalue weighted by Gasteiger charge is 2.38. The molecule has 15 heteroatoms. The Kier molecular flexibility index (Phi) is 12.3. The first-order valence-corrected chi connectivity index (χ1v) is 17.5. The molecule has 4 aromatic rings. The van der Waals surface area contributed by atoms with Gasteiger partial charge in [0.2, 0.25) is 0 Å². The summed E-state index contributed by atoms with van der Waals surface area (Å²) in [4.78, 5) is 51.2. The molecule has 260 valence electrons. The lowest BCUT2D eigenvalue weighted by atomic mass is 10.1. The van der Waals surface area contributed by atoms with Crippen LogP contribution < -0.4 is 24.3 Å². The van der Waals surface area contributed by atoms with Gasteiger partial charge in [0.15, 0.2) is 33.8 Å². The van der Waals surface area contributed by atoms with Crippen LogP contribution >= 0.6 is 18.9 Å². The first-order valence-electron chi connectivity index (χ1n) is 15.1. The minimum atomic E-state index is -4.31. The largest absolute Gasteiger partial charge is 0.457 e. The number of ether oxygens (including phenoxy) is 4. The zero-order chi connectivity index (χ0) is 35.9. The first kappa shape index (κ1) is 37.2. The smallest absolute Gasteiger partial charge is 0.366 e. The molecule has 0 aliphatic heterocycles. The van der Waals surface area contributed by atoms with Crippen LogP contribution in [0.25, 0.3) is 10.8 Å². The van der Waals surface area contributed by atoms with E-state index in [-0.39, 0.29) is 53.2 Å². The molecular weight excluding hydrogens is 677 g/mol. The number of carbonyl (C=O) groups excluding carboxylic acids is 4. The van der Waals surface area contributed by atoms with Crippen LogP contribution in [0.15, 0.2) is 52.4 Å². The summed E-state index contributed by atoms with van der Waals surface area (Å²) in [7, 11) is -4.31. The first-order chi connectivity index (χ1) is 23.1. The van der Waals surface area contributed by atoms with Crippen molar-refractivity contribution in [3.05, 3.63) is 70.4 Å². The zero-order valence-corrected chi connectivity index (χ0v) is 29.7. The van der Waals surface area contributed by atoms with Crippen molar-refractivity contribution in [3.8, 4) is 33.8 Å². The monoisotopic (exact) mass is 713 g/mol. The van der Waals surface area contributed by atoms with Gasteiger partial charge in [-0.05, 0) is 48.2 Å². The Morgan fingerprint density at radius 1 is 0.776 bits per heavy atom. The molecule has 0 unspecified atom stereocenters. The molecule has 49 heavy (non-hydrogen) atoms. The Labute approximate surface area is 287 Å². The molecule has 0 saturated heterocycles. The van der Waals surface area contributed by atoms with Gasteiger partial charge in [0.25, 0.3) is 0 Å². The molecule has 0 bridgehead atoms. The number of aromatic nitrogens is 1. The molecular formula is C34H36NO12PS. The molecule has 0 atom stereocenters. The third-order valence-corrected chi connectivity index (χ3v) is 9.34. The summed E-state index contributed by atoms with van der Waals surface area (Å²) in [6, 6.07) is 8.83. The predicted octanol–water partition coefficient (Wildman–Crippen LogP) is 6.86. The molecule has 2 aromatic carbocycles. The third-order valence-electron chi connectivity index (χ3n) is 6.54. The average molecular weight is 714 g/mol. The minimum absolute atomic E-state index is 0.0155. The Morgan fingerprint density at radius 2 is 1.24 bits per heavy atom. The van der Waals surface area contributed by atoms with Crippen LogP contribution in [-0.4, -0.2) is 28.9 Å². The Hall–Kier alpha value is -4.62. The second-order valence-electron chi connectivity index (χ2n) is 11.2. The summed E-state index contributed by atoms with van der Waals surface area (Å²) in [5.74, 6) is -1.53. The number of carbonyl (C=O) groups is 4. The molecule has 13 nitrogen and oxygen atoms in total. The van der Waals surface area contributed by atoms with E-state index in [4.69, 9.17) is 32.4 Å². The van der Waals surface area contributed by atoms with Gasteiger partial charge in [0.1, 0.15) is 11.1 Å². The second-order valence-corrected chi connectivity index (χ2v) is 14.1. The molecule has 0 saturated carbocycles. The topological polar surface area (TPSA) is 167 Å². The maximum absolute atomic E-state index is 15.1. The van der Waals surface area contributed by atoms with Crippen LogP contribution in [0.1, 0.15) is 64.0 Å². The van der Waals surface area contributed by atoms with Crippen molar-refractivity contribution in [2.24, 2.45) is 5.92 Å². The molecule has 0 aliphatic carbocycles. The summed E-state index contributed by atoms with van der Waals surface area (Å²) in [5, 5.41) is 2.41. The number of nitrogens with zero attached hydrogens (tertiary/aromatic N) is 1. The number of benzene rings is 2. The second kappa shape index (κ2) is 16.2. The fourth-order valence-electron chi connectivity index (χ4n) is 4.64. The van der Waals surface area contributed by atoms with Gasteiger partial charge < -0.3 is 32.4 Å². The standard InChI is InChI=1S/C34H36NO12PS/c1-19(2)14-29-20(3)33(32(47-29)34-35-12-13-49-34)48(40,41-17-25-8-10-27(43-21(4)36)30(15-25)45-23(6)38)42-18-26-9-11-28(44-22(5)37)31(16-26)46-24(7)39/h8-13,15-16,19H,14,17-18H2,1-7H3. The fraction of sp³-hybridized carbons (Fsp3) is 0.324. The summed E-state index contributed by atoms with van der Waals surface area (Å²) < 4.78 is 54.5. The molecule has 0 N–H and O–H groups in total. The normalized spacial score (nSPS) is 11.3. The molecule has 0 fully saturated rings. The van der Waals surface area contributed by atoms with E-state index in [1.54, 1.807) is 30.6 Å². The van der Waals surface area contributed by atoms with Gasteiger partial charge in [-0.1, -0.05) is 26.0 Å². The predicted molar refractivity (Wildman–Crippen MR) is 178 cm³/mol. The van der Waals surface area contributed by atoms with Crippen molar-refractivity contribution in [2.75, 3.05) is 0 Å². The Balaban J connectivity index is 1.78. The summed E-state index contributed by atoms with van der Waals surface area (Å²) in [6.07, 6.45) is 2.13. The molecule has 4 rings (SSSR count). The van der Waals surface area contributed by atoms with Crippen molar-refractivity contribution in [1.29, 1.82) is 0 Å². The number of esters is 4. The van der Waals surface area contributed by atoms with Gasteiger partial charge in [-0.15, -0.1) is 11.3 Å². The van der Waals surface area contributed by atoms with Crippen LogP contribution in [0.5, 0.6) is 23.0 Å². The van der Waals surface area contributed by atoms with Crippen molar-refractivity contribution in [1.82, 2.24) is 4.98 Å². The maximum atomic E-state index is 15.1. The van der Waals surface area contributed by atoms with Gasteiger partial charge in [-0.3, -0.25) is 23.7 Å². The minimum Gasteiger partial charge on any atom is -0.457 e. The van der Waals surface area contributed by atoms with Gasteiger partial charge in [-0.25, -0.2) is 4.98 Å². The number of hydrogen-bond acceptors (Lipinski definition) is 14. The molecule has 0 radical (unpaired) electrons. The zero-order valence-electron chi connectivity index (χ0n) is 28.0. The van der Waals surface area contributed by atoms with E-state index >= 15 is 4.57 Å². The van der Waals surface area contributed by atoms with Crippen LogP contribution in [-0.2, 0) is 52.4 Å². The molecule has 2 aromatic heterocycles. The van der Waals surface area contributed by atoms with Crippen LogP contribution in [0, 0.1) is 12.8 Å². The fourth-order valence-corrected chi connectivity index (χ4v) is 7.25. The average Bonchev–Trinajstić information content (AvgIpc) is 3.65. The lowest BCUT2D eigenvalue weighted by molar-refractivity contribution is -0.134. The highest BCUT2D eigenvalue weighted by molar-refractivity contribution is 7.62. The van der Waals surface area contributed by atoms with E-state index in [1.165, 1.54) is 63.3 Å². The molecule has 0 amide bonds. The summed E-state index contributed by atoms with van der Waals surface area (Å²) in [6.45, 7) is 10.1. The van der Waals surface area contributed by atoms with Gasteiger partial charge in [0.05, 0.1) is 13.2 Å². The number of thiazole rings is 1. The van der Waals surface area contributed by atoms with Crippen molar-refractivity contribution in [2.45, 2.75) is 68.1 Å². The van der Waals surface area contributed by atoms with Crippen LogP contribution in [0.2, 0.25) is 0 Å². The van der Waals surface area contributed by atoms with E-state index in [9.17, 15) is 19.2 Å². The van der Waals surface area contributed by atoms with Gasteiger partial charge >= 0.3 is 31.5 Å². The quantitative estimate of drug-likeness (QED) is 0.0756. The maximum Gasteiger partial charge on any atom is 0.366 e. The lowest BCUT2D eigenvalue weighted by Gasteiger charge is -2.20. The highest BCUT2D eigenvalue weighted by Crippen LogP contribution is 2.53. The van der Waals surface area contributed by atoms with Crippen molar-refractivity contribution >= 4 is 48.1 Å². The van der Waals surface area contributed by atoms with Gasteiger partial charge in [0, 0.05) is 51.3 Å². The van der Waals surface area contributed by atoms with Crippen LogP contribution in [0.3, 0.4) is 0 Å². The summed E-state index contributed by atoms with van der Waals surface area (Å²) >= 11 is 1.29. The van der Waals surface area contributed by atoms with E-state index in [1.807, 2.05) is 13.8 Å². The molecule has 0 aliphatic rings. The van der Waals surface area contributed by atoms with Crippen LogP contribution in [0.4, 0.5) is 0 Å². The third kappa shape index (κ3) is 9.96. The highest BCUT2D eigenvalue weighted by atomic mass is 32.1.